The minimum absolute atomic E-state index is 0.115. The number of rotatable bonds is 9. The molecule has 36 heavy (non-hydrogen) atoms. The predicted octanol–water partition coefficient (Wildman–Crippen LogP) is 6.17. The average molecular weight is 565 g/mol. The van der Waals surface area contributed by atoms with Crippen LogP contribution in [0.25, 0.3) is 0 Å². The standard InChI is InChI=1S/C28H25BrN2O4S/c1-21-7-17-27(18-8-21)36(33,34)31(25-13-9-23(29)10-14-25)19-28(32)30-24-11-15-26(16-12-24)35-20-22-5-3-2-4-6-22/h2-18H,19-20H2,1H3,(H,30,32). The molecule has 0 aromatic heterocycles. The second-order valence-electron chi connectivity index (χ2n) is 8.15. The van der Waals surface area contributed by atoms with Crippen molar-refractivity contribution in [1.82, 2.24) is 0 Å². The number of hydrogen-bond donors (Lipinski definition) is 1. The number of anilines is 2. The van der Waals surface area contributed by atoms with Crippen LogP contribution in [0.5, 0.6) is 5.75 Å². The molecule has 0 radical (unpaired) electrons. The summed E-state index contributed by atoms with van der Waals surface area (Å²) in [4.78, 5) is 13.0. The number of nitrogens with zero attached hydrogens (tertiary/aromatic N) is 1. The van der Waals surface area contributed by atoms with Crippen LogP contribution in [-0.4, -0.2) is 20.9 Å². The molecule has 8 heteroatoms. The SMILES string of the molecule is Cc1ccc(S(=O)(=O)N(CC(=O)Nc2ccc(OCc3ccccc3)cc2)c2ccc(Br)cc2)cc1. The molecule has 0 fully saturated rings. The van der Waals surface area contributed by atoms with Gasteiger partial charge in [-0.25, -0.2) is 8.42 Å². The van der Waals surface area contributed by atoms with Crippen molar-refractivity contribution in [2.75, 3.05) is 16.2 Å². The number of sulfonamides is 1. The number of aryl methyl sites for hydroxylation is 1. The molecule has 4 aromatic rings. The Bertz CT molecular complexity index is 1410. The maximum absolute atomic E-state index is 13.5. The van der Waals surface area contributed by atoms with Crippen molar-refractivity contribution in [3.8, 4) is 5.75 Å². The van der Waals surface area contributed by atoms with E-state index >= 15 is 0 Å². The number of carbonyl (C=O) groups excluding carboxylic acids is 1. The molecular weight excluding hydrogens is 540 g/mol. The summed E-state index contributed by atoms with van der Waals surface area (Å²) in [6, 6.07) is 30.1. The van der Waals surface area contributed by atoms with E-state index in [4.69, 9.17) is 4.74 Å². The quantitative estimate of drug-likeness (QED) is 0.263. The van der Waals surface area contributed by atoms with Crippen molar-refractivity contribution in [2.24, 2.45) is 0 Å². The van der Waals surface area contributed by atoms with Gasteiger partial charge in [-0.1, -0.05) is 64.0 Å². The van der Waals surface area contributed by atoms with E-state index in [1.54, 1.807) is 72.8 Å². The Hall–Kier alpha value is -3.62. The second kappa shape index (κ2) is 11.4. The van der Waals surface area contributed by atoms with Crippen LogP contribution in [0.1, 0.15) is 11.1 Å². The van der Waals surface area contributed by atoms with Crippen LogP contribution >= 0.6 is 15.9 Å². The molecule has 184 valence electrons. The summed E-state index contributed by atoms with van der Waals surface area (Å²) in [5, 5.41) is 2.78. The van der Waals surface area contributed by atoms with Crippen LogP contribution in [0.3, 0.4) is 0 Å². The first-order chi connectivity index (χ1) is 17.3. The fraction of sp³-hybridized carbons (Fsp3) is 0.107. The highest BCUT2D eigenvalue weighted by atomic mass is 79.9. The first-order valence-electron chi connectivity index (χ1n) is 11.2. The fourth-order valence-electron chi connectivity index (χ4n) is 3.47. The monoisotopic (exact) mass is 564 g/mol. The summed E-state index contributed by atoms with van der Waals surface area (Å²) >= 11 is 3.37. The third-order valence-electron chi connectivity index (χ3n) is 5.40. The molecule has 4 aromatic carbocycles. The van der Waals surface area contributed by atoms with E-state index in [0.717, 1.165) is 19.9 Å². The number of ether oxygens (including phenoxy) is 1. The van der Waals surface area contributed by atoms with Crippen molar-refractivity contribution in [3.05, 3.63) is 119 Å². The third kappa shape index (κ3) is 6.53. The lowest BCUT2D eigenvalue weighted by Crippen LogP contribution is -2.38. The van der Waals surface area contributed by atoms with Gasteiger partial charge in [-0.2, -0.15) is 0 Å². The van der Waals surface area contributed by atoms with E-state index in [9.17, 15) is 13.2 Å². The Labute approximate surface area is 219 Å². The third-order valence-corrected chi connectivity index (χ3v) is 7.71. The van der Waals surface area contributed by atoms with Gasteiger partial charge >= 0.3 is 0 Å². The van der Waals surface area contributed by atoms with Crippen LogP contribution in [0, 0.1) is 6.92 Å². The Kier molecular flexibility index (Phi) is 8.07. The zero-order valence-electron chi connectivity index (χ0n) is 19.6. The molecular formula is C28H25BrN2O4S. The maximum Gasteiger partial charge on any atom is 0.264 e. The van der Waals surface area contributed by atoms with Crippen molar-refractivity contribution in [2.45, 2.75) is 18.4 Å². The minimum atomic E-state index is -3.97. The Morgan fingerprint density at radius 3 is 2.14 bits per heavy atom. The maximum atomic E-state index is 13.5. The highest BCUT2D eigenvalue weighted by Gasteiger charge is 2.27. The van der Waals surface area contributed by atoms with Crippen molar-refractivity contribution in [3.63, 3.8) is 0 Å². The summed E-state index contributed by atoms with van der Waals surface area (Å²) in [6.45, 7) is 1.93. The normalized spacial score (nSPS) is 11.1. The minimum Gasteiger partial charge on any atom is -0.489 e. The molecule has 0 atom stereocenters. The van der Waals surface area contributed by atoms with Gasteiger partial charge in [-0.3, -0.25) is 9.10 Å². The van der Waals surface area contributed by atoms with E-state index in [1.165, 1.54) is 0 Å². The van der Waals surface area contributed by atoms with Crippen molar-refractivity contribution in [1.29, 1.82) is 0 Å². The van der Waals surface area contributed by atoms with Gasteiger partial charge in [0.2, 0.25) is 5.91 Å². The first-order valence-corrected chi connectivity index (χ1v) is 13.5. The number of nitrogens with one attached hydrogen (secondary N) is 1. The Balaban J connectivity index is 1.48. The van der Waals surface area contributed by atoms with Crippen molar-refractivity contribution >= 4 is 43.2 Å². The average Bonchev–Trinajstić information content (AvgIpc) is 2.88. The molecule has 0 aliphatic carbocycles. The molecule has 1 N–H and O–H groups in total. The van der Waals surface area contributed by atoms with Gasteiger partial charge in [0.05, 0.1) is 10.6 Å². The molecule has 0 aliphatic rings. The van der Waals surface area contributed by atoms with Gasteiger partial charge in [-0.05, 0) is 73.2 Å². The summed E-state index contributed by atoms with van der Waals surface area (Å²) in [5.74, 6) is 0.196. The highest BCUT2D eigenvalue weighted by molar-refractivity contribution is 9.10. The number of amides is 1. The lowest BCUT2D eigenvalue weighted by Gasteiger charge is -2.24. The van der Waals surface area contributed by atoms with Gasteiger partial charge in [0.25, 0.3) is 10.0 Å². The van der Waals surface area contributed by atoms with E-state index in [1.807, 2.05) is 37.3 Å². The van der Waals surface area contributed by atoms with E-state index in [0.29, 0.717) is 23.7 Å². The lowest BCUT2D eigenvalue weighted by atomic mass is 10.2. The Morgan fingerprint density at radius 1 is 0.861 bits per heavy atom. The number of carbonyl (C=O) groups is 1. The van der Waals surface area contributed by atoms with Crippen LogP contribution in [-0.2, 0) is 21.4 Å². The number of halogens is 1. The molecule has 0 spiro atoms. The predicted molar refractivity (Wildman–Crippen MR) is 146 cm³/mol. The highest BCUT2D eigenvalue weighted by Crippen LogP contribution is 2.26. The smallest absolute Gasteiger partial charge is 0.264 e. The summed E-state index contributed by atoms with van der Waals surface area (Å²) in [7, 11) is -3.97. The van der Waals surface area contributed by atoms with Crippen LogP contribution in [0.2, 0.25) is 0 Å². The molecule has 4 rings (SSSR count). The van der Waals surface area contributed by atoms with Crippen LogP contribution < -0.4 is 14.4 Å². The van der Waals surface area contributed by atoms with Crippen LogP contribution in [0.15, 0.2) is 112 Å². The van der Waals surface area contributed by atoms with Crippen molar-refractivity contribution < 1.29 is 17.9 Å². The number of hydrogen-bond acceptors (Lipinski definition) is 4. The molecule has 6 nitrogen and oxygen atoms in total. The molecule has 0 unspecified atom stereocenters. The molecule has 0 saturated carbocycles. The fourth-order valence-corrected chi connectivity index (χ4v) is 5.15. The zero-order valence-corrected chi connectivity index (χ0v) is 22.0. The zero-order chi connectivity index (χ0) is 25.5. The Morgan fingerprint density at radius 2 is 1.50 bits per heavy atom. The number of benzene rings is 4. The largest absolute Gasteiger partial charge is 0.489 e. The van der Waals surface area contributed by atoms with Gasteiger partial charge in [0.15, 0.2) is 0 Å². The molecule has 0 saturated heterocycles. The lowest BCUT2D eigenvalue weighted by molar-refractivity contribution is -0.114. The topological polar surface area (TPSA) is 75.7 Å². The molecule has 0 bridgehead atoms. The molecule has 1 amide bonds. The van der Waals surface area contributed by atoms with Gasteiger partial charge in [0.1, 0.15) is 18.9 Å². The van der Waals surface area contributed by atoms with E-state index in [2.05, 4.69) is 21.2 Å². The molecule has 0 heterocycles. The van der Waals surface area contributed by atoms with Gasteiger partial charge < -0.3 is 10.1 Å². The summed E-state index contributed by atoms with van der Waals surface area (Å²) in [6.07, 6.45) is 0. The summed E-state index contributed by atoms with van der Waals surface area (Å²) in [5.41, 5.74) is 2.92. The molecule has 0 aliphatic heterocycles. The second-order valence-corrected chi connectivity index (χ2v) is 10.9. The summed E-state index contributed by atoms with van der Waals surface area (Å²) < 4.78 is 34.6. The van der Waals surface area contributed by atoms with Gasteiger partial charge in [-0.15, -0.1) is 0 Å². The first kappa shape index (κ1) is 25.5. The van der Waals surface area contributed by atoms with E-state index < -0.39 is 15.9 Å². The van der Waals surface area contributed by atoms with Gasteiger partial charge in [0, 0.05) is 10.2 Å². The van der Waals surface area contributed by atoms with Crippen LogP contribution in [0.4, 0.5) is 11.4 Å². The van der Waals surface area contributed by atoms with E-state index in [-0.39, 0.29) is 11.4 Å².